The lowest BCUT2D eigenvalue weighted by molar-refractivity contribution is 0.338. The molecule has 2 atom stereocenters. The predicted molar refractivity (Wildman–Crippen MR) is 120 cm³/mol. The van der Waals surface area contributed by atoms with Gasteiger partial charge in [-0.25, -0.2) is 8.42 Å². The quantitative estimate of drug-likeness (QED) is 0.667. The Morgan fingerprint density at radius 1 is 1.20 bits per heavy atom. The summed E-state index contributed by atoms with van der Waals surface area (Å²) in [4.78, 5) is 2.54. The third-order valence-corrected chi connectivity index (χ3v) is 6.57. The lowest BCUT2D eigenvalue weighted by Gasteiger charge is -2.40. The average molecular weight is 454 g/mol. The van der Waals surface area contributed by atoms with Gasteiger partial charge in [0.05, 0.1) is 25.3 Å². The summed E-state index contributed by atoms with van der Waals surface area (Å²) in [6, 6.07) is 10.5. The molecule has 1 saturated heterocycles. The summed E-state index contributed by atoms with van der Waals surface area (Å²) in [6.07, 6.45) is 1.21. The van der Waals surface area contributed by atoms with E-state index in [1.807, 2.05) is 25.1 Å². The van der Waals surface area contributed by atoms with Crippen LogP contribution in [0.2, 0.25) is 5.02 Å². The molecule has 1 heterocycles. The van der Waals surface area contributed by atoms with Crippen LogP contribution in [0.3, 0.4) is 0 Å². The Kier molecular flexibility index (Phi) is 7.13. The van der Waals surface area contributed by atoms with E-state index in [0.29, 0.717) is 21.4 Å². The molecule has 0 spiro atoms. The highest BCUT2D eigenvalue weighted by Gasteiger charge is 2.26. The normalized spacial score (nSPS) is 18.2. The Morgan fingerprint density at radius 3 is 2.50 bits per heavy atom. The number of sulfone groups is 1. The zero-order valence-corrected chi connectivity index (χ0v) is 19.2. The van der Waals surface area contributed by atoms with E-state index in [4.69, 9.17) is 21.1 Å². The van der Waals surface area contributed by atoms with Crippen molar-refractivity contribution in [2.75, 3.05) is 45.0 Å². The number of nitrogens with zero attached hydrogens (tertiary/aromatic N) is 1. The molecule has 9 heteroatoms. The summed E-state index contributed by atoms with van der Waals surface area (Å²) >= 11 is 6.29. The van der Waals surface area contributed by atoms with Gasteiger partial charge in [-0.15, -0.1) is 0 Å². The maximum absolute atomic E-state index is 11.8. The SMILES string of the molecule is COc1cc(Cl)cc(C(C)NC2CNCCN2c2ccc(S(C)(=O)=O)cc2)c1OC. The van der Waals surface area contributed by atoms with Gasteiger partial charge in [-0.2, -0.15) is 0 Å². The van der Waals surface area contributed by atoms with Crippen molar-refractivity contribution in [3.05, 3.63) is 47.0 Å². The summed E-state index contributed by atoms with van der Waals surface area (Å²) in [5.74, 6) is 1.23. The van der Waals surface area contributed by atoms with Crippen molar-refractivity contribution in [2.45, 2.75) is 24.0 Å². The lowest BCUT2D eigenvalue weighted by Crippen LogP contribution is -2.58. The molecule has 0 amide bonds. The van der Waals surface area contributed by atoms with Crippen LogP contribution in [0.1, 0.15) is 18.5 Å². The fourth-order valence-electron chi connectivity index (χ4n) is 3.71. The van der Waals surface area contributed by atoms with Crippen molar-refractivity contribution >= 4 is 27.1 Å². The number of nitrogens with one attached hydrogen (secondary N) is 2. The maximum atomic E-state index is 11.8. The maximum Gasteiger partial charge on any atom is 0.175 e. The molecule has 2 aromatic rings. The van der Waals surface area contributed by atoms with Crippen LogP contribution in [0.5, 0.6) is 11.5 Å². The summed E-state index contributed by atoms with van der Waals surface area (Å²) in [7, 11) is -0.0248. The van der Waals surface area contributed by atoms with Crippen LogP contribution in [0.15, 0.2) is 41.3 Å². The van der Waals surface area contributed by atoms with E-state index in [2.05, 4.69) is 15.5 Å². The standard InChI is InChI=1S/C21H28ClN3O4S/c1-14(18-11-15(22)12-19(28-2)21(18)29-3)24-20-13-23-9-10-25(20)16-5-7-17(8-6-16)30(4,26)27/h5-8,11-12,14,20,23-24H,9-10,13H2,1-4H3. The molecule has 1 fully saturated rings. The molecule has 1 aliphatic rings. The molecule has 2 unspecified atom stereocenters. The fraction of sp³-hybridized carbons (Fsp3) is 0.429. The zero-order valence-electron chi connectivity index (χ0n) is 17.6. The Balaban J connectivity index is 1.85. The van der Waals surface area contributed by atoms with E-state index >= 15 is 0 Å². The fourth-order valence-corrected chi connectivity index (χ4v) is 4.55. The van der Waals surface area contributed by atoms with Crippen molar-refractivity contribution in [3.8, 4) is 11.5 Å². The number of benzene rings is 2. The number of anilines is 1. The van der Waals surface area contributed by atoms with Crippen LogP contribution < -0.4 is 25.0 Å². The molecule has 3 rings (SSSR count). The second kappa shape index (κ2) is 9.43. The summed E-state index contributed by atoms with van der Waals surface area (Å²) in [5.41, 5.74) is 1.86. The minimum Gasteiger partial charge on any atom is -0.493 e. The van der Waals surface area contributed by atoms with E-state index in [-0.39, 0.29) is 12.2 Å². The lowest BCUT2D eigenvalue weighted by atomic mass is 10.1. The molecule has 0 saturated carbocycles. The number of ether oxygens (including phenoxy) is 2. The Hall–Kier alpha value is -2.00. The van der Waals surface area contributed by atoms with E-state index in [0.717, 1.165) is 30.9 Å². The largest absolute Gasteiger partial charge is 0.493 e. The Labute approximate surface area is 183 Å². The average Bonchev–Trinajstić information content (AvgIpc) is 2.73. The number of halogens is 1. The monoisotopic (exact) mass is 453 g/mol. The molecule has 164 valence electrons. The van der Waals surface area contributed by atoms with Gasteiger partial charge in [0.1, 0.15) is 0 Å². The molecule has 1 aliphatic heterocycles. The first kappa shape index (κ1) is 22.7. The summed E-state index contributed by atoms with van der Waals surface area (Å²) in [6.45, 7) is 4.42. The zero-order chi connectivity index (χ0) is 21.9. The minimum absolute atomic E-state index is 0.00693. The number of hydrogen-bond acceptors (Lipinski definition) is 7. The first-order valence-corrected chi connectivity index (χ1v) is 12.0. The van der Waals surface area contributed by atoms with Crippen molar-refractivity contribution in [2.24, 2.45) is 0 Å². The number of methoxy groups -OCH3 is 2. The second-order valence-corrected chi connectivity index (χ2v) is 9.75. The first-order valence-electron chi connectivity index (χ1n) is 9.69. The molecule has 0 aromatic heterocycles. The Morgan fingerprint density at radius 2 is 1.90 bits per heavy atom. The van der Waals surface area contributed by atoms with Gasteiger partial charge in [-0.3, -0.25) is 5.32 Å². The van der Waals surface area contributed by atoms with E-state index in [1.54, 1.807) is 32.4 Å². The molecule has 0 aliphatic carbocycles. The molecular formula is C21H28ClN3O4S. The van der Waals surface area contributed by atoms with Crippen molar-refractivity contribution in [1.82, 2.24) is 10.6 Å². The molecule has 2 aromatic carbocycles. The highest BCUT2D eigenvalue weighted by atomic mass is 35.5. The van der Waals surface area contributed by atoms with Gasteiger partial charge in [0, 0.05) is 54.3 Å². The Bertz CT molecular complexity index is 982. The highest BCUT2D eigenvalue weighted by molar-refractivity contribution is 7.90. The van der Waals surface area contributed by atoms with Gasteiger partial charge in [0.25, 0.3) is 0 Å². The topological polar surface area (TPSA) is 79.9 Å². The minimum atomic E-state index is -3.22. The van der Waals surface area contributed by atoms with Gasteiger partial charge in [-0.05, 0) is 37.3 Å². The van der Waals surface area contributed by atoms with Crippen LogP contribution in [-0.4, -0.2) is 54.7 Å². The summed E-state index contributed by atoms with van der Waals surface area (Å²) in [5, 5.41) is 7.62. The van der Waals surface area contributed by atoms with Crippen LogP contribution in [0, 0.1) is 0 Å². The van der Waals surface area contributed by atoms with Crippen LogP contribution in [0.4, 0.5) is 5.69 Å². The smallest absolute Gasteiger partial charge is 0.175 e. The molecule has 7 nitrogen and oxygen atoms in total. The highest BCUT2D eigenvalue weighted by Crippen LogP contribution is 2.38. The van der Waals surface area contributed by atoms with Gasteiger partial charge in [0.15, 0.2) is 21.3 Å². The van der Waals surface area contributed by atoms with Crippen LogP contribution in [0.25, 0.3) is 0 Å². The number of hydrogen-bond donors (Lipinski definition) is 2. The summed E-state index contributed by atoms with van der Waals surface area (Å²) < 4.78 is 34.5. The third kappa shape index (κ3) is 5.00. The molecule has 0 bridgehead atoms. The predicted octanol–water partition coefficient (Wildman–Crippen LogP) is 2.85. The molecule has 30 heavy (non-hydrogen) atoms. The van der Waals surface area contributed by atoms with Crippen molar-refractivity contribution in [3.63, 3.8) is 0 Å². The molecule has 0 radical (unpaired) electrons. The second-order valence-electron chi connectivity index (χ2n) is 7.30. The van der Waals surface area contributed by atoms with Crippen LogP contribution >= 0.6 is 11.6 Å². The van der Waals surface area contributed by atoms with Gasteiger partial charge in [-0.1, -0.05) is 11.6 Å². The van der Waals surface area contributed by atoms with Crippen LogP contribution in [-0.2, 0) is 9.84 Å². The van der Waals surface area contributed by atoms with Gasteiger partial charge >= 0.3 is 0 Å². The number of piperazine rings is 1. The third-order valence-electron chi connectivity index (χ3n) is 5.22. The van der Waals surface area contributed by atoms with Gasteiger partial charge < -0.3 is 19.7 Å². The molecule has 2 N–H and O–H groups in total. The van der Waals surface area contributed by atoms with E-state index < -0.39 is 9.84 Å². The number of rotatable bonds is 7. The van der Waals surface area contributed by atoms with Gasteiger partial charge in [0.2, 0.25) is 0 Å². The van der Waals surface area contributed by atoms with Crippen molar-refractivity contribution < 1.29 is 17.9 Å². The molecular weight excluding hydrogens is 426 g/mol. The van der Waals surface area contributed by atoms with E-state index in [1.165, 1.54) is 6.26 Å². The first-order chi connectivity index (χ1) is 14.2. The van der Waals surface area contributed by atoms with E-state index in [9.17, 15) is 8.42 Å². The van der Waals surface area contributed by atoms with Crippen molar-refractivity contribution in [1.29, 1.82) is 0 Å².